The van der Waals surface area contributed by atoms with Crippen molar-refractivity contribution in [2.24, 2.45) is 0 Å². The van der Waals surface area contributed by atoms with Gasteiger partial charge in [0.05, 0.1) is 0 Å². The van der Waals surface area contributed by atoms with E-state index in [1.165, 1.54) is 12.3 Å². The van der Waals surface area contributed by atoms with Crippen LogP contribution in [-0.4, -0.2) is 21.7 Å². The lowest BCUT2D eigenvalue weighted by molar-refractivity contribution is 0.150. The fraction of sp³-hybridized carbons (Fsp3) is 0.375. The summed E-state index contributed by atoms with van der Waals surface area (Å²) in [5, 5.41) is 17.1. The summed E-state index contributed by atoms with van der Waals surface area (Å²) in [6, 6.07) is 3.53. The van der Waals surface area contributed by atoms with Gasteiger partial charge in [0, 0.05) is 37.0 Å². The molecule has 23 heavy (non-hydrogen) atoms. The van der Waals surface area contributed by atoms with E-state index in [0.29, 0.717) is 31.0 Å². The maximum atomic E-state index is 12.9. The first kappa shape index (κ1) is 15.3. The van der Waals surface area contributed by atoms with Gasteiger partial charge in [-0.05, 0) is 36.6 Å². The molecule has 0 amide bonds. The number of pyridine rings is 1. The van der Waals surface area contributed by atoms with Crippen molar-refractivity contribution in [3.05, 3.63) is 45.9 Å². The lowest BCUT2D eigenvalue weighted by Gasteiger charge is -2.30. The zero-order chi connectivity index (χ0) is 16.6. The van der Waals surface area contributed by atoms with Crippen molar-refractivity contribution in [2.45, 2.75) is 33.2 Å². The van der Waals surface area contributed by atoms with Crippen molar-refractivity contribution in [1.29, 1.82) is 5.26 Å². The molecule has 0 saturated carbocycles. The summed E-state index contributed by atoms with van der Waals surface area (Å²) in [7, 11) is 0. The third kappa shape index (κ3) is 2.72. The van der Waals surface area contributed by atoms with Crippen LogP contribution in [0.2, 0.25) is 0 Å². The first-order valence-electron chi connectivity index (χ1n) is 7.26. The van der Waals surface area contributed by atoms with Crippen LogP contribution in [0.5, 0.6) is 0 Å². The average molecular weight is 315 g/mol. The van der Waals surface area contributed by atoms with E-state index >= 15 is 0 Å². The molecule has 7 heteroatoms. The van der Waals surface area contributed by atoms with E-state index < -0.39 is 6.43 Å². The van der Waals surface area contributed by atoms with Gasteiger partial charge in [-0.2, -0.15) is 5.26 Å². The zero-order valence-electron chi connectivity index (χ0n) is 12.8. The highest BCUT2D eigenvalue weighted by Gasteiger charge is 2.23. The molecule has 3 heterocycles. The maximum Gasteiger partial charge on any atom is 0.265 e. The second kappa shape index (κ2) is 5.88. The number of nitriles is 1. The quantitative estimate of drug-likeness (QED) is 0.852. The number of fused-ring (bicyclic) bond motifs is 1. The summed E-state index contributed by atoms with van der Waals surface area (Å²) in [4.78, 5) is 6.15. The highest BCUT2D eigenvalue weighted by atomic mass is 19.3. The third-order valence-electron chi connectivity index (χ3n) is 4.22. The first-order valence-corrected chi connectivity index (χ1v) is 7.26. The molecular weight excluding hydrogens is 300 g/mol. The Balaban J connectivity index is 1.95. The minimum Gasteiger partial charge on any atom is -0.350 e. The van der Waals surface area contributed by atoms with E-state index in [0.717, 1.165) is 22.4 Å². The fourth-order valence-corrected chi connectivity index (χ4v) is 2.74. The number of hydrogen-bond acceptors (Lipinski definition) is 5. The molecule has 0 aromatic carbocycles. The SMILES string of the molecule is Cc1c(C#N)nnc(N2CCc3ncc(C(F)F)cc3C2)c1C. The van der Waals surface area contributed by atoms with Crippen LogP contribution in [0.25, 0.3) is 0 Å². The maximum absolute atomic E-state index is 12.9. The summed E-state index contributed by atoms with van der Waals surface area (Å²) in [5.74, 6) is 0.689. The molecule has 0 saturated heterocycles. The Morgan fingerprint density at radius 2 is 2.04 bits per heavy atom. The van der Waals surface area contributed by atoms with E-state index in [-0.39, 0.29) is 5.56 Å². The lowest BCUT2D eigenvalue weighted by atomic mass is 10.0. The van der Waals surface area contributed by atoms with Crippen LogP contribution < -0.4 is 4.90 Å². The first-order chi connectivity index (χ1) is 11.0. The lowest BCUT2D eigenvalue weighted by Crippen LogP contribution is -2.32. The van der Waals surface area contributed by atoms with Crippen LogP contribution in [0.3, 0.4) is 0 Å². The van der Waals surface area contributed by atoms with E-state index in [4.69, 9.17) is 5.26 Å². The Bertz CT molecular complexity index is 798. The topological polar surface area (TPSA) is 65.7 Å². The highest BCUT2D eigenvalue weighted by Crippen LogP contribution is 2.28. The number of halogens is 2. The third-order valence-corrected chi connectivity index (χ3v) is 4.22. The number of nitrogens with zero attached hydrogens (tertiary/aromatic N) is 5. The molecule has 0 fully saturated rings. The van der Waals surface area contributed by atoms with Crippen molar-refractivity contribution >= 4 is 5.82 Å². The molecule has 1 aliphatic heterocycles. The van der Waals surface area contributed by atoms with Crippen LogP contribution in [0.15, 0.2) is 12.3 Å². The summed E-state index contributed by atoms with van der Waals surface area (Å²) in [6.45, 7) is 4.88. The van der Waals surface area contributed by atoms with Crippen LogP contribution in [-0.2, 0) is 13.0 Å². The zero-order valence-corrected chi connectivity index (χ0v) is 12.8. The van der Waals surface area contributed by atoms with Gasteiger partial charge >= 0.3 is 0 Å². The molecule has 0 bridgehead atoms. The predicted octanol–water partition coefficient (Wildman–Crippen LogP) is 2.86. The average Bonchev–Trinajstić information content (AvgIpc) is 2.56. The molecule has 0 spiro atoms. The van der Waals surface area contributed by atoms with Crippen molar-refractivity contribution < 1.29 is 8.78 Å². The molecular formula is C16H15F2N5. The Labute approximate surface area is 132 Å². The van der Waals surface area contributed by atoms with Gasteiger partial charge in [-0.25, -0.2) is 8.78 Å². The Morgan fingerprint density at radius 1 is 1.26 bits per heavy atom. The summed E-state index contributed by atoms with van der Waals surface area (Å²) < 4.78 is 25.7. The minimum atomic E-state index is -2.53. The Kier molecular flexibility index (Phi) is 3.90. The summed E-state index contributed by atoms with van der Waals surface area (Å²) >= 11 is 0. The number of rotatable bonds is 2. The van der Waals surface area contributed by atoms with Crippen molar-refractivity contribution in [3.8, 4) is 6.07 Å². The fourth-order valence-electron chi connectivity index (χ4n) is 2.74. The Hall–Kier alpha value is -2.62. The molecule has 5 nitrogen and oxygen atoms in total. The molecule has 0 N–H and O–H groups in total. The van der Waals surface area contributed by atoms with Crippen molar-refractivity contribution in [3.63, 3.8) is 0 Å². The number of anilines is 1. The second-order valence-corrected chi connectivity index (χ2v) is 5.58. The molecule has 2 aromatic heterocycles. The molecule has 118 valence electrons. The number of alkyl halides is 2. The largest absolute Gasteiger partial charge is 0.350 e. The minimum absolute atomic E-state index is 0.0654. The predicted molar refractivity (Wildman–Crippen MR) is 80.2 cm³/mol. The Morgan fingerprint density at radius 3 is 2.74 bits per heavy atom. The normalized spacial score (nSPS) is 13.8. The van der Waals surface area contributed by atoms with Gasteiger partial charge in [-0.1, -0.05) is 0 Å². The van der Waals surface area contributed by atoms with Crippen molar-refractivity contribution in [2.75, 3.05) is 11.4 Å². The van der Waals surface area contributed by atoms with Gasteiger partial charge in [0.25, 0.3) is 6.43 Å². The van der Waals surface area contributed by atoms with Gasteiger partial charge in [-0.15, -0.1) is 10.2 Å². The summed E-state index contributed by atoms with van der Waals surface area (Å²) in [5.41, 5.74) is 3.56. The molecule has 0 aliphatic carbocycles. The van der Waals surface area contributed by atoms with Crippen LogP contribution in [0.4, 0.5) is 14.6 Å². The van der Waals surface area contributed by atoms with Gasteiger partial charge < -0.3 is 4.90 Å². The monoisotopic (exact) mass is 315 g/mol. The standard InChI is InChI=1S/C16H15F2N5/c1-9-10(2)16(22-21-14(9)6-19)23-4-3-13-12(8-23)5-11(7-20-13)15(17)18/h5,7,15H,3-4,8H2,1-2H3. The molecule has 1 aliphatic rings. The van der Waals surface area contributed by atoms with E-state index in [9.17, 15) is 8.78 Å². The number of hydrogen-bond donors (Lipinski definition) is 0. The summed E-state index contributed by atoms with van der Waals surface area (Å²) in [6.07, 6.45) is -0.614. The number of aromatic nitrogens is 3. The van der Waals surface area contributed by atoms with Gasteiger partial charge in [-0.3, -0.25) is 4.98 Å². The second-order valence-electron chi connectivity index (χ2n) is 5.58. The van der Waals surface area contributed by atoms with E-state index in [1.807, 2.05) is 24.8 Å². The molecule has 0 unspecified atom stereocenters. The van der Waals surface area contributed by atoms with Crippen LogP contribution in [0.1, 0.15) is 40.1 Å². The van der Waals surface area contributed by atoms with Crippen LogP contribution in [0, 0.1) is 25.2 Å². The van der Waals surface area contributed by atoms with Crippen LogP contribution >= 0.6 is 0 Å². The molecule has 0 radical (unpaired) electrons. The highest BCUT2D eigenvalue weighted by molar-refractivity contribution is 5.53. The van der Waals surface area contributed by atoms with E-state index in [1.54, 1.807) is 0 Å². The smallest absolute Gasteiger partial charge is 0.265 e. The van der Waals surface area contributed by atoms with Gasteiger partial charge in [0.15, 0.2) is 11.5 Å². The van der Waals surface area contributed by atoms with Gasteiger partial charge in [0.2, 0.25) is 0 Å². The van der Waals surface area contributed by atoms with Gasteiger partial charge in [0.1, 0.15) is 6.07 Å². The van der Waals surface area contributed by atoms with Crippen molar-refractivity contribution in [1.82, 2.24) is 15.2 Å². The molecule has 0 atom stereocenters. The van der Waals surface area contributed by atoms with E-state index in [2.05, 4.69) is 15.2 Å². The molecule has 2 aromatic rings. The molecule has 3 rings (SSSR count).